The highest BCUT2D eigenvalue weighted by Crippen LogP contribution is 2.40. The summed E-state index contributed by atoms with van der Waals surface area (Å²) in [5, 5.41) is 30.6. The van der Waals surface area contributed by atoms with Gasteiger partial charge in [0.2, 0.25) is 0 Å². The minimum atomic E-state index is -0.870. The Labute approximate surface area is 185 Å². The van der Waals surface area contributed by atoms with Gasteiger partial charge in [0.25, 0.3) is 17.4 Å². The Kier molecular flexibility index (Phi) is 7.16. The van der Waals surface area contributed by atoms with Crippen molar-refractivity contribution in [1.82, 2.24) is 4.90 Å². The van der Waals surface area contributed by atoms with E-state index >= 15 is 0 Å². The molecule has 9 nitrogen and oxygen atoms in total. The summed E-state index contributed by atoms with van der Waals surface area (Å²) >= 11 is 3.37. The van der Waals surface area contributed by atoms with Gasteiger partial charge in [-0.25, -0.2) is 0 Å². The first-order valence-electron chi connectivity index (χ1n) is 9.32. The molecule has 0 spiro atoms. The molecule has 162 valence electrons. The topological polar surface area (TPSA) is 130 Å². The van der Waals surface area contributed by atoms with Gasteiger partial charge in [0.1, 0.15) is 5.76 Å². The number of nitro groups is 1. The van der Waals surface area contributed by atoms with Crippen LogP contribution in [0, 0.1) is 10.1 Å². The number of rotatable bonds is 8. The van der Waals surface area contributed by atoms with Crippen LogP contribution in [0.5, 0.6) is 0 Å². The maximum absolute atomic E-state index is 12.9. The third-order valence-corrected chi connectivity index (χ3v) is 5.26. The van der Waals surface area contributed by atoms with E-state index in [0.717, 1.165) is 4.47 Å². The van der Waals surface area contributed by atoms with Crippen molar-refractivity contribution in [2.75, 3.05) is 26.4 Å². The number of aliphatic hydroxyl groups is 2. The van der Waals surface area contributed by atoms with E-state index in [1.807, 2.05) is 0 Å². The molecule has 1 aliphatic heterocycles. The number of hydrogen-bond donors (Lipinski definition) is 2. The molecule has 0 radical (unpaired) electrons. The maximum Gasteiger partial charge on any atom is 0.295 e. The van der Waals surface area contributed by atoms with Crippen LogP contribution in [0.15, 0.2) is 58.6 Å². The molecule has 2 N–H and O–H groups in total. The molecule has 2 aromatic rings. The molecule has 1 amide bonds. The number of aliphatic hydroxyl groups excluding tert-OH is 2. The fraction of sp³-hybridized carbons (Fsp3) is 0.238. The lowest BCUT2D eigenvalue weighted by molar-refractivity contribution is -0.384. The van der Waals surface area contributed by atoms with E-state index in [-0.39, 0.29) is 43.2 Å². The number of nitro benzene ring substituents is 1. The first-order chi connectivity index (χ1) is 14.8. The summed E-state index contributed by atoms with van der Waals surface area (Å²) < 4.78 is 5.97. The second kappa shape index (κ2) is 9.82. The fourth-order valence-corrected chi connectivity index (χ4v) is 3.78. The van der Waals surface area contributed by atoms with Crippen LogP contribution in [-0.4, -0.2) is 58.1 Å². The van der Waals surface area contributed by atoms with Crippen LogP contribution in [-0.2, 0) is 14.3 Å². The molecule has 1 saturated heterocycles. The van der Waals surface area contributed by atoms with Gasteiger partial charge in [-0.1, -0.05) is 28.1 Å². The average molecular weight is 491 g/mol. The number of likely N-dealkylation sites (tertiary alicyclic amines) is 1. The van der Waals surface area contributed by atoms with Crippen LogP contribution in [0.1, 0.15) is 17.2 Å². The van der Waals surface area contributed by atoms with Crippen molar-refractivity contribution in [3.05, 3.63) is 79.8 Å². The molecule has 1 unspecified atom stereocenters. The number of nitrogens with zero attached hydrogens (tertiary/aromatic N) is 2. The number of carbonyl (C=O) groups excluding carboxylic acids is 2. The van der Waals surface area contributed by atoms with Crippen molar-refractivity contribution in [2.24, 2.45) is 0 Å². The summed E-state index contributed by atoms with van der Waals surface area (Å²) in [6, 6.07) is 11.2. The number of hydrogen-bond acceptors (Lipinski definition) is 7. The summed E-state index contributed by atoms with van der Waals surface area (Å²) in [4.78, 5) is 37.2. The van der Waals surface area contributed by atoms with Gasteiger partial charge in [0.05, 0.1) is 36.4 Å². The maximum atomic E-state index is 12.9. The highest BCUT2D eigenvalue weighted by Gasteiger charge is 2.45. The van der Waals surface area contributed by atoms with Crippen LogP contribution >= 0.6 is 15.9 Å². The van der Waals surface area contributed by atoms with Crippen molar-refractivity contribution in [2.45, 2.75) is 6.04 Å². The SMILES string of the molecule is O=C1C(=O)N(CCOCCO)C(c2cccc(Br)c2)/C1=C(\O)c1ccc([N+](=O)[O-])cc1. The Morgan fingerprint density at radius 2 is 1.87 bits per heavy atom. The van der Waals surface area contributed by atoms with Crippen LogP contribution in [0.3, 0.4) is 0 Å². The zero-order chi connectivity index (χ0) is 22.5. The third kappa shape index (κ3) is 4.82. The minimum absolute atomic E-state index is 0.0682. The molecule has 10 heteroatoms. The predicted octanol–water partition coefficient (Wildman–Crippen LogP) is 2.79. The van der Waals surface area contributed by atoms with Crippen molar-refractivity contribution in [1.29, 1.82) is 0 Å². The Hall–Kier alpha value is -3.08. The minimum Gasteiger partial charge on any atom is -0.507 e. The number of ketones is 1. The van der Waals surface area contributed by atoms with Crippen molar-refractivity contribution in [3.63, 3.8) is 0 Å². The number of benzene rings is 2. The molecular weight excluding hydrogens is 472 g/mol. The van der Waals surface area contributed by atoms with Crippen LogP contribution in [0.4, 0.5) is 5.69 Å². The normalized spacial score (nSPS) is 17.9. The van der Waals surface area contributed by atoms with Crippen LogP contribution < -0.4 is 0 Å². The van der Waals surface area contributed by atoms with Gasteiger partial charge >= 0.3 is 0 Å². The summed E-state index contributed by atoms with van der Waals surface area (Å²) in [6.45, 7) is 0.0801. The third-order valence-electron chi connectivity index (χ3n) is 4.77. The summed E-state index contributed by atoms with van der Waals surface area (Å²) in [6.07, 6.45) is 0. The standard InChI is InChI=1S/C21H19BrN2O7/c22-15-3-1-2-14(12-15)18-17(19(26)13-4-6-16(7-5-13)24(29)30)20(27)21(28)23(18)8-10-31-11-9-25/h1-7,12,18,25-26H,8-11H2/b19-17+. The van der Waals surface area contributed by atoms with E-state index < -0.39 is 28.4 Å². The lowest BCUT2D eigenvalue weighted by Gasteiger charge is -2.25. The van der Waals surface area contributed by atoms with E-state index in [4.69, 9.17) is 9.84 Å². The fourth-order valence-electron chi connectivity index (χ4n) is 3.36. The Morgan fingerprint density at radius 3 is 2.48 bits per heavy atom. The van der Waals surface area contributed by atoms with Gasteiger partial charge in [-0.3, -0.25) is 19.7 Å². The molecule has 2 aromatic carbocycles. The quantitative estimate of drug-likeness (QED) is 0.145. The van der Waals surface area contributed by atoms with Gasteiger partial charge in [-0.05, 0) is 29.8 Å². The molecule has 1 atom stereocenters. The predicted molar refractivity (Wildman–Crippen MR) is 114 cm³/mol. The summed E-state index contributed by atoms with van der Waals surface area (Å²) in [5.41, 5.74) is 0.500. The summed E-state index contributed by atoms with van der Waals surface area (Å²) in [5.74, 6) is -2.07. The first-order valence-corrected chi connectivity index (χ1v) is 10.1. The highest BCUT2D eigenvalue weighted by molar-refractivity contribution is 9.10. The highest BCUT2D eigenvalue weighted by atomic mass is 79.9. The molecule has 1 heterocycles. The van der Waals surface area contributed by atoms with Gasteiger partial charge in [-0.2, -0.15) is 0 Å². The number of halogens is 1. The van der Waals surface area contributed by atoms with Gasteiger partial charge in [-0.15, -0.1) is 0 Å². The Bertz CT molecular complexity index is 1040. The first kappa shape index (κ1) is 22.6. The number of Topliss-reactive ketones (excluding diaryl/α,β-unsaturated/α-hetero) is 1. The van der Waals surface area contributed by atoms with Gasteiger partial charge in [0.15, 0.2) is 0 Å². The molecule has 3 rings (SSSR count). The second-order valence-electron chi connectivity index (χ2n) is 6.69. The molecule has 0 bridgehead atoms. The number of carbonyl (C=O) groups is 2. The molecule has 0 aromatic heterocycles. The molecule has 1 fully saturated rings. The Balaban J connectivity index is 2.06. The van der Waals surface area contributed by atoms with E-state index in [2.05, 4.69) is 15.9 Å². The second-order valence-corrected chi connectivity index (χ2v) is 7.60. The number of non-ortho nitro benzene ring substituents is 1. The van der Waals surface area contributed by atoms with E-state index in [1.54, 1.807) is 24.3 Å². The largest absolute Gasteiger partial charge is 0.507 e. The van der Waals surface area contributed by atoms with Crippen LogP contribution in [0.25, 0.3) is 5.76 Å². The van der Waals surface area contributed by atoms with E-state index in [1.165, 1.54) is 29.2 Å². The van der Waals surface area contributed by atoms with E-state index in [0.29, 0.717) is 5.56 Å². The van der Waals surface area contributed by atoms with Crippen molar-refractivity contribution in [3.8, 4) is 0 Å². The van der Waals surface area contributed by atoms with Gasteiger partial charge in [0, 0.05) is 28.7 Å². The lowest BCUT2D eigenvalue weighted by Crippen LogP contribution is -2.33. The zero-order valence-corrected chi connectivity index (χ0v) is 17.8. The van der Waals surface area contributed by atoms with E-state index in [9.17, 15) is 24.8 Å². The summed E-state index contributed by atoms with van der Waals surface area (Å²) in [7, 11) is 0. The van der Waals surface area contributed by atoms with Crippen molar-refractivity contribution < 1.29 is 29.5 Å². The molecule has 1 aliphatic rings. The lowest BCUT2D eigenvalue weighted by atomic mass is 9.95. The Morgan fingerprint density at radius 1 is 1.16 bits per heavy atom. The molecule has 0 aliphatic carbocycles. The average Bonchev–Trinajstić information content (AvgIpc) is 3.01. The number of amides is 1. The molecule has 31 heavy (non-hydrogen) atoms. The van der Waals surface area contributed by atoms with Crippen molar-refractivity contribution >= 4 is 39.1 Å². The zero-order valence-electron chi connectivity index (χ0n) is 16.2. The molecular formula is C21H19BrN2O7. The number of ether oxygens (including phenoxy) is 1. The van der Waals surface area contributed by atoms with Crippen LogP contribution in [0.2, 0.25) is 0 Å². The smallest absolute Gasteiger partial charge is 0.295 e. The van der Waals surface area contributed by atoms with Gasteiger partial charge < -0.3 is 19.8 Å². The monoisotopic (exact) mass is 490 g/mol. The molecule has 0 saturated carbocycles.